The number of hydrogen-bond acceptors (Lipinski definition) is 3. The van der Waals surface area contributed by atoms with Gasteiger partial charge in [0, 0.05) is 23.0 Å². The number of hydrogen-bond donors (Lipinski definition) is 1. The molecule has 0 bridgehead atoms. The van der Waals surface area contributed by atoms with E-state index in [0.29, 0.717) is 22.9 Å². The molecule has 0 saturated heterocycles. The molecule has 2 aromatic rings. The Morgan fingerprint density at radius 1 is 1.18 bits per heavy atom. The fourth-order valence-electron chi connectivity index (χ4n) is 1.47. The van der Waals surface area contributed by atoms with Gasteiger partial charge < -0.3 is 9.84 Å². The molecule has 1 N–H and O–H groups in total. The lowest BCUT2D eigenvalue weighted by Gasteiger charge is -2.11. The molecule has 2 rings (SSSR count). The van der Waals surface area contributed by atoms with Crippen LogP contribution in [0.15, 0.2) is 42.7 Å². The topological polar surface area (TPSA) is 42.4 Å². The molecule has 0 aliphatic heterocycles. The van der Waals surface area contributed by atoms with Gasteiger partial charge in [0.05, 0.1) is 6.61 Å². The van der Waals surface area contributed by atoms with Crippen molar-refractivity contribution in [2.24, 2.45) is 0 Å². The Kier molecular flexibility index (Phi) is 3.96. The van der Waals surface area contributed by atoms with Crippen molar-refractivity contribution in [2.75, 3.05) is 0 Å². The van der Waals surface area contributed by atoms with E-state index in [1.165, 1.54) is 0 Å². The molecule has 1 aromatic carbocycles. The maximum absolute atomic E-state index is 9.22. The van der Waals surface area contributed by atoms with Gasteiger partial charge in [-0.15, -0.1) is 0 Å². The van der Waals surface area contributed by atoms with Crippen LogP contribution in [-0.2, 0) is 13.2 Å². The van der Waals surface area contributed by atoms with Gasteiger partial charge in [0.1, 0.15) is 12.4 Å². The van der Waals surface area contributed by atoms with E-state index in [1.54, 1.807) is 30.6 Å². The average molecular weight is 250 g/mol. The standard InChI is InChI=1S/C13H12ClNO2/c14-12-2-1-3-13(11(12)8-16)17-9-10-4-6-15-7-5-10/h1-7,16H,8-9H2. The molecule has 0 saturated carbocycles. The summed E-state index contributed by atoms with van der Waals surface area (Å²) in [4.78, 5) is 3.93. The molecule has 0 amide bonds. The summed E-state index contributed by atoms with van der Waals surface area (Å²) >= 11 is 5.96. The lowest BCUT2D eigenvalue weighted by molar-refractivity contribution is 0.259. The second kappa shape index (κ2) is 5.66. The molecular formula is C13H12ClNO2. The van der Waals surface area contributed by atoms with Crippen molar-refractivity contribution in [3.8, 4) is 5.75 Å². The Morgan fingerprint density at radius 3 is 2.65 bits per heavy atom. The van der Waals surface area contributed by atoms with E-state index in [1.807, 2.05) is 12.1 Å². The smallest absolute Gasteiger partial charge is 0.126 e. The van der Waals surface area contributed by atoms with E-state index in [-0.39, 0.29) is 6.61 Å². The summed E-state index contributed by atoms with van der Waals surface area (Å²) in [5.41, 5.74) is 1.63. The van der Waals surface area contributed by atoms with Crippen LogP contribution in [0.2, 0.25) is 5.02 Å². The largest absolute Gasteiger partial charge is 0.488 e. The summed E-state index contributed by atoms with van der Waals surface area (Å²) in [6.45, 7) is 0.293. The number of benzene rings is 1. The second-order valence-electron chi connectivity index (χ2n) is 3.52. The van der Waals surface area contributed by atoms with E-state index < -0.39 is 0 Å². The maximum Gasteiger partial charge on any atom is 0.126 e. The zero-order valence-corrected chi connectivity index (χ0v) is 9.89. The van der Waals surface area contributed by atoms with Crippen molar-refractivity contribution < 1.29 is 9.84 Å². The summed E-state index contributed by atoms with van der Waals surface area (Å²) in [6, 6.07) is 9.07. The molecule has 0 spiro atoms. The lowest BCUT2D eigenvalue weighted by Crippen LogP contribution is -1.99. The highest BCUT2D eigenvalue weighted by atomic mass is 35.5. The van der Waals surface area contributed by atoms with Crippen molar-refractivity contribution in [1.29, 1.82) is 0 Å². The summed E-state index contributed by atoms with van der Waals surface area (Å²) < 4.78 is 5.62. The van der Waals surface area contributed by atoms with Crippen LogP contribution >= 0.6 is 11.6 Å². The number of rotatable bonds is 4. The zero-order valence-electron chi connectivity index (χ0n) is 9.14. The first kappa shape index (κ1) is 11.9. The highest BCUT2D eigenvalue weighted by Gasteiger charge is 2.06. The summed E-state index contributed by atoms with van der Waals surface area (Å²) in [5, 5.41) is 9.74. The SMILES string of the molecule is OCc1c(Cl)cccc1OCc1ccncc1. The minimum Gasteiger partial charge on any atom is -0.488 e. The molecule has 0 aliphatic rings. The normalized spacial score (nSPS) is 10.2. The lowest BCUT2D eigenvalue weighted by atomic mass is 10.2. The first-order valence-corrected chi connectivity index (χ1v) is 5.59. The van der Waals surface area contributed by atoms with Crippen LogP contribution in [0.1, 0.15) is 11.1 Å². The molecule has 3 nitrogen and oxygen atoms in total. The van der Waals surface area contributed by atoms with Gasteiger partial charge in [-0.25, -0.2) is 0 Å². The number of halogens is 1. The third kappa shape index (κ3) is 2.96. The van der Waals surface area contributed by atoms with Crippen LogP contribution in [-0.4, -0.2) is 10.1 Å². The molecule has 0 atom stereocenters. The predicted octanol–water partition coefficient (Wildman–Crippen LogP) is 2.81. The monoisotopic (exact) mass is 249 g/mol. The molecular weight excluding hydrogens is 238 g/mol. The number of pyridine rings is 1. The Balaban J connectivity index is 2.12. The number of ether oxygens (including phenoxy) is 1. The predicted molar refractivity (Wildman–Crippen MR) is 65.9 cm³/mol. The number of nitrogens with zero attached hydrogens (tertiary/aromatic N) is 1. The van der Waals surface area contributed by atoms with Gasteiger partial charge in [0.25, 0.3) is 0 Å². The average Bonchev–Trinajstić information content (AvgIpc) is 2.37. The zero-order chi connectivity index (χ0) is 12.1. The first-order chi connectivity index (χ1) is 8.31. The highest BCUT2D eigenvalue weighted by Crippen LogP contribution is 2.26. The minimum atomic E-state index is -0.134. The van der Waals surface area contributed by atoms with E-state index in [0.717, 1.165) is 5.56 Å². The Morgan fingerprint density at radius 2 is 1.94 bits per heavy atom. The molecule has 4 heteroatoms. The van der Waals surface area contributed by atoms with Crippen molar-refractivity contribution in [1.82, 2.24) is 4.98 Å². The summed E-state index contributed by atoms with van der Waals surface area (Å²) in [5.74, 6) is 0.608. The van der Waals surface area contributed by atoms with Crippen molar-refractivity contribution in [2.45, 2.75) is 13.2 Å². The van der Waals surface area contributed by atoms with Crippen LogP contribution < -0.4 is 4.74 Å². The number of aromatic nitrogens is 1. The quantitative estimate of drug-likeness (QED) is 0.906. The van der Waals surface area contributed by atoms with Gasteiger partial charge in [-0.05, 0) is 29.8 Å². The van der Waals surface area contributed by atoms with Gasteiger partial charge in [-0.3, -0.25) is 4.98 Å². The van der Waals surface area contributed by atoms with Crippen LogP contribution in [0, 0.1) is 0 Å². The summed E-state index contributed by atoms with van der Waals surface area (Å²) in [6.07, 6.45) is 3.42. The maximum atomic E-state index is 9.22. The van der Waals surface area contributed by atoms with E-state index in [2.05, 4.69) is 4.98 Å². The molecule has 0 unspecified atom stereocenters. The van der Waals surface area contributed by atoms with E-state index in [9.17, 15) is 5.11 Å². The molecule has 17 heavy (non-hydrogen) atoms. The molecule has 1 aromatic heterocycles. The van der Waals surface area contributed by atoms with Gasteiger partial charge in [0.2, 0.25) is 0 Å². The van der Waals surface area contributed by atoms with Gasteiger partial charge in [-0.2, -0.15) is 0 Å². The van der Waals surface area contributed by atoms with Crippen LogP contribution in [0.5, 0.6) is 5.75 Å². The molecule has 0 aliphatic carbocycles. The number of aliphatic hydroxyl groups is 1. The van der Waals surface area contributed by atoms with Crippen LogP contribution in [0.3, 0.4) is 0 Å². The fourth-order valence-corrected chi connectivity index (χ4v) is 1.69. The Hall–Kier alpha value is -1.58. The van der Waals surface area contributed by atoms with Crippen molar-refractivity contribution >= 4 is 11.6 Å². The van der Waals surface area contributed by atoms with Crippen molar-refractivity contribution in [3.63, 3.8) is 0 Å². The van der Waals surface area contributed by atoms with Crippen LogP contribution in [0.4, 0.5) is 0 Å². The molecule has 1 heterocycles. The molecule has 0 fully saturated rings. The fraction of sp³-hybridized carbons (Fsp3) is 0.154. The van der Waals surface area contributed by atoms with Crippen molar-refractivity contribution in [3.05, 3.63) is 58.9 Å². The van der Waals surface area contributed by atoms with Gasteiger partial charge >= 0.3 is 0 Å². The van der Waals surface area contributed by atoms with E-state index >= 15 is 0 Å². The van der Waals surface area contributed by atoms with E-state index in [4.69, 9.17) is 16.3 Å². The molecule has 88 valence electrons. The van der Waals surface area contributed by atoms with Gasteiger partial charge in [-0.1, -0.05) is 17.7 Å². The third-order valence-electron chi connectivity index (χ3n) is 2.38. The Bertz CT molecular complexity index is 488. The van der Waals surface area contributed by atoms with Gasteiger partial charge in [0.15, 0.2) is 0 Å². The van der Waals surface area contributed by atoms with Crippen LogP contribution in [0.25, 0.3) is 0 Å². The first-order valence-electron chi connectivity index (χ1n) is 5.21. The third-order valence-corrected chi connectivity index (χ3v) is 2.73. The highest BCUT2D eigenvalue weighted by molar-refractivity contribution is 6.31. The Labute approximate surface area is 105 Å². The molecule has 0 radical (unpaired) electrons. The summed E-state index contributed by atoms with van der Waals surface area (Å²) in [7, 11) is 0. The second-order valence-corrected chi connectivity index (χ2v) is 3.93. The minimum absolute atomic E-state index is 0.134. The number of aliphatic hydroxyl groups excluding tert-OH is 1.